The molecule has 0 N–H and O–H groups in total. The number of hydrogen-bond donors (Lipinski definition) is 0. The molecular weight excluding hydrogens is 240 g/mol. The van der Waals surface area contributed by atoms with E-state index in [0.717, 1.165) is 5.56 Å². The largest absolute Gasteiger partial charge is 0.415 e. The Bertz CT molecular complexity index is 414. The molecule has 0 fully saturated rings. The molecule has 0 spiro atoms. The van der Waals surface area contributed by atoms with Gasteiger partial charge in [0.25, 0.3) is 0 Å². The molecule has 0 heterocycles. The van der Waals surface area contributed by atoms with Crippen LogP contribution < -0.4 is 4.74 Å². The maximum atomic E-state index is 12.0. The number of ether oxygens (including phenoxy) is 1. The van der Waals surface area contributed by atoms with Crippen LogP contribution in [0.5, 0.6) is 5.75 Å². The average Bonchev–Trinajstić information content (AvgIpc) is 2.39. The zero-order chi connectivity index (χ0) is 14.4. The Morgan fingerprint density at radius 2 is 1.79 bits per heavy atom. The summed E-state index contributed by atoms with van der Waals surface area (Å²) in [6.45, 7) is 7.28. The lowest BCUT2D eigenvalue weighted by Crippen LogP contribution is -2.33. The molecular formula is C15H24N2O2. The molecule has 1 atom stereocenters. The number of rotatable bonds is 5. The number of nitrogens with zero attached hydrogens (tertiary/aromatic N) is 2. The molecule has 0 aliphatic rings. The Labute approximate surface area is 116 Å². The van der Waals surface area contributed by atoms with Crippen LogP contribution in [0.25, 0.3) is 0 Å². The molecule has 0 radical (unpaired) electrons. The Morgan fingerprint density at radius 1 is 1.21 bits per heavy atom. The average molecular weight is 264 g/mol. The molecule has 0 aliphatic heterocycles. The third kappa shape index (κ3) is 3.96. The van der Waals surface area contributed by atoms with Crippen molar-refractivity contribution in [3.63, 3.8) is 0 Å². The summed E-state index contributed by atoms with van der Waals surface area (Å²) >= 11 is 0. The molecule has 1 aromatic rings. The lowest BCUT2D eigenvalue weighted by molar-refractivity contribution is 0.156. The number of amides is 1. The lowest BCUT2D eigenvalue weighted by Gasteiger charge is -2.24. The number of carbonyl (C=O) groups is 1. The van der Waals surface area contributed by atoms with E-state index in [-0.39, 0.29) is 12.1 Å². The van der Waals surface area contributed by atoms with Crippen molar-refractivity contribution >= 4 is 6.09 Å². The molecule has 0 bridgehead atoms. The molecule has 1 amide bonds. The normalized spacial score (nSPS) is 12.3. The summed E-state index contributed by atoms with van der Waals surface area (Å²) in [6, 6.07) is 7.88. The van der Waals surface area contributed by atoms with Gasteiger partial charge >= 0.3 is 6.09 Å². The van der Waals surface area contributed by atoms with Gasteiger partial charge in [-0.2, -0.15) is 0 Å². The number of benzene rings is 1. The molecule has 106 valence electrons. The van der Waals surface area contributed by atoms with Gasteiger partial charge in [-0.3, -0.25) is 0 Å². The van der Waals surface area contributed by atoms with Crippen molar-refractivity contribution in [2.45, 2.75) is 26.8 Å². The zero-order valence-electron chi connectivity index (χ0n) is 12.5. The van der Waals surface area contributed by atoms with Crippen molar-refractivity contribution in [3.05, 3.63) is 29.8 Å². The molecule has 0 saturated carbocycles. The first-order valence-corrected chi connectivity index (χ1v) is 6.73. The van der Waals surface area contributed by atoms with E-state index in [2.05, 4.69) is 11.8 Å². The minimum atomic E-state index is -0.289. The predicted octanol–water partition coefficient (Wildman–Crippen LogP) is 3.15. The maximum Gasteiger partial charge on any atom is 0.415 e. The standard InChI is InChI=1S/C15H24N2O2/c1-6-17(7-2)15(18)19-14-11-9-8-10-13(14)12(3)16(4)5/h8-12H,6-7H2,1-5H3. The van der Waals surface area contributed by atoms with E-state index >= 15 is 0 Å². The summed E-state index contributed by atoms with van der Waals surface area (Å²) in [5.41, 5.74) is 1.02. The summed E-state index contributed by atoms with van der Waals surface area (Å²) in [4.78, 5) is 15.8. The summed E-state index contributed by atoms with van der Waals surface area (Å²) in [7, 11) is 4.02. The summed E-state index contributed by atoms with van der Waals surface area (Å²) < 4.78 is 5.52. The first kappa shape index (κ1) is 15.5. The summed E-state index contributed by atoms with van der Waals surface area (Å²) in [5, 5.41) is 0. The van der Waals surface area contributed by atoms with Crippen LogP contribution >= 0.6 is 0 Å². The van der Waals surface area contributed by atoms with Crippen LogP contribution in [-0.4, -0.2) is 43.1 Å². The van der Waals surface area contributed by atoms with Crippen LogP contribution in [0, 0.1) is 0 Å². The number of carbonyl (C=O) groups excluding carboxylic acids is 1. The second-order valence-corrected chi connectivity index (χ2v) is 4.72. The minimum Gasteiger partial charge on any atom is -0.410 e. The molecule has 0 aromatic heterocycles. The van der Waals surface area contributed by atoms with Crippen molar-refractivity contribution in [2.75, 3.05) is 27.2 Å². The second kappa shape index (κ2) is 7.14. The predicted molar refractivity (Wildman–Crippen MR) is 77.5 cm³/mol. The van der Waals surface area contributed by atoms with Crippen LogP contribution in [0.3, 0.4) is 0 Å². The molecule has 19 heavy (non-hydrogen) atoms. The fraction of sp³-hybridized carbons (Fsp3) is 0.533. The molecule has 1 rings (SSSR count). The van der Waals surface area contributed by atoms with Gasteiger partial charge in [-0.25, -0.2) is 4.79 Å². The zero-order valence-corrected chi connectivity index (χ0v) is 12.5. The first-order valence-electron chi connectivity index (χ1n) is 6.73. The van der Waals surface area contributed by atoms with Crippen LogP contribution in [0.2, 0.25) is 0 Å². The Morgan fingerprint density at radius 3 is 2.32 bits per heavy atom. The molecule has 4 nitrogen and oxygen atoms in total. The minimum absolute atomic E-state index is 0.195. The van der Waals surface area contributed by atoms with Crippen LogP contribution in [-0.2, 0) is 0 Å². The van der Waals surface area contributed by atoms with Gasteiger partial charge in [-0.15, -0.1) is 0 Å². The molecule has 0 saturated heterocycles. The van der Waals surface area contributed by atoms with Gasteiger partial charge in [0.05, 0.1) is 0 Å². The highest BCUT2D eigenvalue weighted by molar-refractivity contribution is 5.71. The van der Waals surface area contributed by atoms with Crippen LogP contribution in [0.1, 0.15) is 32.4 Å². The van der Waals surface area contributed by atoms with Gasteiger partial charge in [0, 0.05) is 24.7 Å². The van der Waals surface area contributed by atoms with E-state index in [1.807, 2.05) is 52.2 Å². The number of para-hydroxylation sites is 1. The molecule has 1 unspecified atom stereocenters. The Hall–Kier alpha value is -1.55. The van der Waals surface area contributed by atoms with E-state index < -0.39 is 0 Å². The molecule has 0 aliphatic carbocycles. The van der Waals surface area contributed by atoms with Crippen molar-refractivity contribution in [3.8, 4) is 5.75 Å². The van der Waals surface area contributed by atoms with Crippen molar-refractivity contribution in [1.29, 1.82) is 0 Å². The third-order valence-electron chi connectivity index (χ3n) is 3.36. The Kier molecular flexibility index (Phi) is 5.83. The molecule has 1 aromatic carbocycles. The highest BCUT2D eigenvalue weighted by Crippen LogP contribution is 2.27. The van der Waals surface area contributed by atoms with Gasteiger partial charge in [-0.05, 0) is 40.9 Å². The first-order chi connectivity index (χ1) is 9.01. The van der Waals surface area contributed by atoms with E-state index in [9.17, 15) is 4.79 Å². The maximum absolute atomic E-state index is 12.0. The van der Waals surface area contributed by atoms with E-state index in [0.29, 0.717) is 18.8 Å². The quantitative estimate of drug-likeness (QED) is 0.819. The van der Waals surface area contributed by atoms with Gasteiger partial charge in [0.1, 0.15) is 5.75 Å². The van der Waals surface area contributed by atoms with Gasteiger partial charge in [0.2, 0.25) is 0 Å². The Balaban J connectivity index is 2.92. The van der Waals surface area contributed by atoms with E-state index in [4.69, 9.17) is 4.74 Å². The fourth-order valence-corrected chi connectivity index (χ4v) is 1.84. The highest BCUT2D eigenvalue weighted by Gasteiger charge is 2.17. The smallest absolute Gasteiger partial charge is 0.410 e. The SMILES string of the molecule is CCN(CC)C(=O)Oc1ccccc1C(C)N(C)C. The second-order valence-electron chi connectivity index (χ2n) is 4.72. The lowest BCUT2D eigenvalue weighted by atomic mass is 10.1. The molecule has 4 heteroatoms. The van der Waals surface area contributed by atoms with E-state index in [1.165, 1.54) is 0 Å². The highest BCUT2D eigenvalue weighted by atomic mass is 16.6. The van der Waals surface area contributed by atoms with Crippen molar-refractivity contribution in [1.82, 2.24) is 9.80 Å². The fourth-order valence-electron chi connectivity index (χ4n) is 1.84. The van der Waals surface area contributed by atoms with Gasteiger partial charge in [0.15, 0.2) is 0 Å². The van der Waals surface area contributed by atoms with Gasteiger partial charge < -0.3 is 14.5 Å². The monoisotopic (exact) mass is 264 g/mol. The van der Waals surface area contributed by atoms with Crippen LogP contribution in [0.15, 0.2) is 24.3 Å². The summed E-state index contributed by atoms with van der Waals surface area (Å²) in [6.07, 6.45) is -0.289. The van der Waals surface area contributed by atoms with Crippen molar-refractivity contribution in [2.24, 2.45) is 0 Å². The topological polar surface area (TPSA) is 32.8 Å². The number of hydrogen-bond acceptors (Lipinski definition) is 3. The van der Waals surface area contributed by atoms with Gasteiger partial charge in [-0.1, -0.05) is 18.2 Å². The summed E-state index contributed by atoms with van der Waals surface area (Å²) in [5.74, 6) is 0.639. The van der Waals surface area contributed by atoms with Crippen molar-refractivity contribution < 1.29 is 9.53 Å². The van der Waals surface area contributed by atoms with E-state index in [1.54, 1.807) is 4.90 Å². The van der Waals surface area contributed by atoms with Crippen LogP contribution in [0.4, 0.5) is 4.79 Å². The third-order valence-corrected chi connectivity index (χ3v) is 3.36.